The number of nitrogen functional groups attached to an aromatic ring is 1. The van der Waals surface area contributed by atoms with Crippen molar-refractivity contribution in [2.24, 2.45) is 0 Å². The van der Waals surface area contributed by atoms with Gasteiger partial charge in [0.15, 0.2) is 0 Å². The number of rotatable bonds is 2. The van der Waals surface area contributed by atoms with Crippen LogP contribution in [-0.2, 0) is 5.54 Å². The van der Waals surface area contributed by atoms with Crippen molar-refractivity contribution < 1.29 is 4.39 Å². The lowest BCUT2D eigenvalue weighted by molar-refractivity contribution is 0.388. The van der Waals surface area contributed by atoms with E-state index in [9.17, 15) is 4.39 Å². The first kappa shape index (κ1) is 14.6. The molecule has 1 heterocycles. The Labute approximate surface area is 132 Å². The van der Waals surface area contributed by atoms with Crippen LogP contribution in [0.5, 0.6) is 0 Å². The maximum atomic E-state index is 14.2. The van der Waals surface area contributed by atoms with Crippen molar-refractivity contribution in [3.63, 3.8) is 0 Å². The van der Waals surface area contributed by atoms with Crippen molar-refractivity contribution in [3.8, 4) is 11.3 Å². The summed E-state index contributed by atoms with van der Waals surface area (Å²) in [5, 5.41) is 0. The molecule has 0 unspecified atom stereocenters. The van der Waals surface area contributed by atoms with Crippen LogP contribution in [0.25, 0.3) is 11.3 Å². The normalized spacial score (nSPS) is 15.5. The fourth-order valence-corrected chi connectivity index (χ4v) is 2.98. The Kier molecular flexibility index (Phi) is 3.35. The van der Waals surface area contributed by atoms with Crippen LogP contribution < -0.4 is 5.73 Å². The van der Waals surface area contributed by atoms with Crippen LogP contribution in [-0.4, -0.2) is 9.55 Å². The topological polar surface area (TPSA) is 43.8 Å². The van der Waals surface area contributed by atoms with E-state index in [1.165, 1.54) is 6.07 Å². The predicted octanol–water partition coefficient (Wildman–Crippen LogP) is 4.67. The van der Waals surface area contributed by atoms with E-state index in [0.29, 0.717) is 27.5 Å². The summed E-state index contributed by atoms with van der Waals surface area (Å²) in [6.07, 6.45) is 2.27. The van der Waals surface area contributed by atoms with E-state index >= 15 is 0 Å². The highest BCUT2D eigenvalue weighted by Crippen LogP contribution is 2.44. The molecule has 1 saturated carbocycles. The van der Waals surface area contributed by atoms with Crippen LogP contribution in [0.3, 0.4) is 0 Å². The lowest BCUT2D eigenvalue weighted by Crippen LogP contribution is -2.25. The van der Waals surface area contributed by atoms with Crippen LogP contribution in [0.4, 0.5) is 10.2 Å². The number of halogens is 2. The molecular formula is C16H19BrFN3. The fraction of sp³-hybridized carbons (Fsp3) is 0.438. The van der Waals surface area contributed by atoms with E-state index in [1.54, 1.807) is 6.07 Å². The molecular weight excluding hydrogens is 333 g/mol. The maximum Gasteiger partial charge on any atom is 0.133 e. The Morgan fingerprint density at radius 1 is 1.33 bits per heavy atom. The standard InChI is InChI=1S/C16H19BrFN3/c1-16(2,3)21-14(19)13(20-15(21)9-4-5-9)11-7-6-10(17)8-12(11)18/h6-9H,4-5,19H2,1-3H3. The van der Waals surface area contributed by atoms with Crippen molar-refractivity contribution in [1.29, 1.82) is 0 Å². The molecule has 1 aliphatic rings. The van der Waals surface area contributed by atoms with Crippen LogP contribution >= 0.6 is 15.9 Å². The molecule has 0 saturated heterocycles. The number of nitrogens with two attached hydrogens (primary N) is 1. The molecule has 21 heavy (non-hydrogen) atoms. The number of anilines is 1. The lowest BCUT2D eigenvalue weighted by Gasteiger charge is -2.25. The second-order valence-electron chi connectivity index (χ2n) is 6.61. The number of nitrogens with zero attached hydrogens (tertiary/aromatic N) is 2. The van der Waals surface area contributed by atoms with Gasteiger partial charge >= 0.3 is 0 Å². The molecule has 1 fully saturated rings. The van der Waals surface area contributed by atoms with Crippen LogP contribution in [0.1, 0.15) is 45.4 Å². The Hall–Kier alpha value is -1.36. The minimum Gasteiger partial charge on any atom is -0.383 e. The van der Waals surface area contributed by atoms with Gasteiger partial charge < -0.3 is 10.3 Å². The summed E-state index contributed by atoms with van der Waals surface area (Å²) in [6.45, 7) is 6.29. The zero-order chi connectivity index (χ0) is 15.4. The Morgan fingerprint density at radius 3 is 2.52 bits per heavy atom. The number of aromatic nitrogens is 2. The maximum absolute atomic E-state index is 14.2. The molecule has 112 valence electrons. The van der Waals surface area contributed by atoms with Gasteiger partial charge in [-0.1, -0.05) is 15.9 Å². The zero-order valence-corrected chi connectivity index (χ0v) is 14.0. The number of imidazole rings is 1. The first-order valence-corrected chi connectivity index (χ1v) is 7.92. The highest BCUT2D eigenvalue weighted by Gasteiger charge is 2.34. The van der Waals surface area contributed by atoms with Gasteiger partial charge in [0.2, 0.25) is 0 Å². The second-order valence-corrected chi connectivity index (χ2v) is 7.52. The van der Waals surface area contributed by atoms with Crippen molar-refractivity contribution in [1.82, 2.24) is 9.55 Å². The molecule has 0 aliphatic heterocycles. The van der Waals surface area contributed by atoms with Gasteiger partial charge in [0.1, 0.15) is 23.2 Å². The van der Waals surface area contributed by atoms with E-state index < -0.39 is 0 Å². The van der Waals surface area contributed by atoms with Gasteiger partial charge in [-0.2, -0.15) is 0 Å². The summed E-state index contributed by atoms with van der Waals surface area (Å²) in [5.74, 6) is 1.68. The number of benzene rings is 1. The Balaban J connectivity index is 2.20. The molecule has 2 N–H and O–H groups in total. The van der Waals surface area contributed by atoms with Gasteiger partial charge in [-0.3, -0.25) is 0 Å². The Bertz CT molecular complexity index is 696. The van der Waals surface area contributed by atoms with Crippen molar-refractivity contribution in [3.05, 3.63) is 34.3 Å². The van der Waals surface area contributed by atoms with Crippen molar-refractivity contribution >= 4 is 21.7 Å². The van der Waals surface area contributed by atoms with Gasteiger partial charge in [0.25, 0.3) is 0 Å². The third-order valence-corrected chi connectivity index (χ3v) is 4.23. The molecule has 0 atom stereocenters. The summed E-state index contributed by atoms with van der Waals surface area (Å²) in [6, 6.07) is 4.98. The molecule has 1 aliphatic carbocycles. The molecule has 3 rings (SSSR count). The van der Waals surface area contributed by atoms with Crippen LogP contribution in [0.2, 0.25) is 0 Å². The summed E-state index contributed by atoms with van der Waals surface area (Å²) in [4.78, 5) is 4.68. The highest BCUT2D eigenvalue weighted by molar-refractivity contribution is 9.10. The van der Waals surface area contributed by atoms with Crippen LogP contribution in [0.15, 0.2) is 22.7 Å². The van der Waals surface area contributed by atoms with Gasteiger partial charge in [-0.05, 0) is 51.8 Å². The molecule has 0 spiro atoms. The summed E-state index contributed by atoms with van der Waals surface area (Å²) in [7, 11) is 0. The summed E-state index contributed by atoms with van der Waals surface area (Å²) < 4.78 is 17.0. The molecule has 1 aromatic carbocycles. The third kappa shape index (κ3) is 2.59. The summed E-state index contributed by atoms with van der Waals surface area (Å²) in [5.41, 5.74) is 7.16. The highest BCUT2D eigenvalue weighted by atomic mass is 79.9. The average molecular weight is 352 g/mol. The molecule has 1 aromatic heterocycles. The lowest BCUT2D eigenvalue weighted by atomic mass is 10.1. The molecule has 2 aromatic rings. The summed E-state index contributed by atoms with van der Waals surface area (Å²) >= 11 is 3.28. The number of hydrogen-bond acceptors (Lipinski definition) is 2. The monoisotopic (exact) mass is 351 g/mol. The average Bonchev–Trinajstić information content (AvgIpc) is 3.13. The van der Waals surface area contributed by atoms with E-state index in [4.69, 9.17) is 5.73 Å². The van der Waals surface area contributed by atoms with Crippen LogP contribution in [0, 0.1) is 5.82 Å². The molecule has 5 heteroatoms. The quantitative estimate of drug-likeness (QED) is 0.854. The molecule has 0 bridgehead atoms. The largest absolute Gasteiger partial charge is 0.383 e. The smallest absolute Gasteiger partial charge is 0.133 e. The molecule has 3 nitrogen and oxygen atoms in total. The van der Waals surface area contributed by atoms with Gasteiger partial charge in [-0.25, -0.2) is 9.37 Å². The minimum atomic E-state index is -0.308. The Morgan fingerprint density at radius 2 is 2.00 bits per heavy atom. The van der Waals surface area contributed by atoms with Gasteiger partial charge in [-0.15, -0.1) is 0 Å². The molecule has 0 amide bonds. The van der Waals surface area contributed by atoms with Gasteiger partial charge in [0, 0.05) is 21.5 Å². The second kappa shape index (κ2) is 4.83. The third-order valence-electron chi connectivity index (χ3n) is 3.74. The first-order chi connectivity index (χ1) is 9.79. The van der Waals surface area contributed by atoms with Crippen molar-refractivity contribution in [2.45, 2.75) is 45.1 Å². The predicted molar refractivity (Wildman–Crippen MR) is 86.7 cm³/mol. The number of hydrogen-bond donors (Lipinski definition) is 1. The van der Waals surface area contributed by atoms with Crippen molar-refractivity contribution in [2.75, 3.05) is 5.73 Å². The zero-order valence-electron chi connectivity index (χ0n) is 12.5. The SMILES string of the molecule is CC(C)(C)n1c(C2CC2)nc(-c2ccc(Br)cc2F)c1N. The van der Waals surface area contributed by atoms with E-state index in [2.05, 4.69) is 46.3 Å². The van der Waals surface area contributed by atoms with E-state index in [0.717, 1.165) is 18.7 Å². The van der Waals surface area contributed by atoms with E-state index in [-0.39, 0.29) is 11.4 Å². The van der Waals surface area contributed by atoms with Gasteiger partial charge in [0.05, 0.1) is 0 Å². The van der Waals surface area contributed by atoms with E-state index in [1.807, 2.05) is 6.07 Å². The first-order valence-electron chi connectivity index (χ1n) is 7.13. The fourth-order valence-electron chi connectivity index (χ4n) is 2.65. The molecule has 0 radical (unpaired) electrons. The minimum absolute atomic E-state index is 0.168.